The van der Waals surface area contributed by atoms with Gasteiger partial charge < -0.3 is 4.72 Å². The lowest BCUT2D eigenvalue weighted by Gasteiger charge is -2.09. The molecule has 9 heavy (non-hydrogen) atoms. The fourth-order valence-electron chi connectivity index (χ4n) is 0.661. The second-order valence-corrected chi connectivity index (χ2v) is 3.08. The van der Waals surface area contributed by atoms with Crippen molar-refractivity contribution >= 4 is 11.9 Å². The van der Waals surface area contributed by atoms with Crippen molar-refractivity contribution in [3.8, 4) is 0 Å². The SMILES string of the molecule is CC(C)C1=CNSC=C1. The predicted octanol–water partition coefficient (Wildman–Crippen LogP) is 2.29. The Hall–Kier alpha value is -0.370. The molecule has 0 saturated carbocycles. The van der Waals surface area contributed by atoms with E-state index in [1.54, 1.807) is 11.9 Å². The van der Waals surface area contributed by atoms with Gasteiger partial charge in [0.05, 0.1) is 0 Å². The lowest BCUT2D eigenvalue weighted by atomic mass is 10.1. The maximum Gasteiger partial charge on any atom is 0.0110 e. The maximum absolute atomic E-state index is 3.08. The van der Waals surface area contributed by atoms with E-state index in [1.807, 2.05) is 0 Å². The Morgan fingerprint density at radius 2 is 2.33 bits per heavy atom. The van der Waals surface area contributed by atoms with E-state index in [0.717, 1.165) is 0 Å². The Morgan fingerprint density at radius 3 is 2.67 bits per heavy atom. The van der Waals surface area contributed by atoms with E-state index in [2.05, 4.69) is 36.3 Å². The van der Waals surface area contributed by atoms with Crippen LogP contribution in [0.1, 0.15) is 13.8 Å². The molecule has 0 aromatic carbocycles. The summed E-state index contributed by atoms with van der Waals surface area (Å²) in [5, 5.41) is 2.06. The number of nitrogens with one attached hydrogen (secondary N) is 1. The summed E-state index contributed by atoms with van der Waals surface area (Å²) in [4.78, 5) is 0. The fraction of sp³-hybridized carbons (Fsp3) is 0.429. The molecule has 50 valence electrons. The van der Waals surface area contributed by atoms with Gasteiger partial charge in [-0.3, -0.25) is 0 Å². The highest BCUT2D eigenvalue weighted by Gasteiger charge is 2.00. The summed E-state index contributed by atoms with van der Waals surface area (Å²) in [5.74, 6) is 0.634. The van der Waals surface area contributed by atoms with Crippen LogP contribution in [0.4, 0.5) is 0 Å². The molecule has 1 heterocycles. The molecule has 0 aromatic rings. The molecule has 1 aliphatic heterocycles. The largest absolute Gasteiger partial charge is 0.333 e. The molecule has 0 bridgehead atoms. The zero-order chi connectivity index (χ0) is 6.69. The lowest BCUT2D eigenvalue weighted by molar-refractivity contribution is 0.785. The molecule has 0 aromatic heterocycles. The van der Waals surface area contributed by atoms with E-state index < -0.39 is 0 Å². The van der Waals surface area contributed by atoms with E-state index in [1.165, 1.54) is 5.57 Å². The summed E-state index contributed by atoms with van der Waals surface area (Å²) in [6.45, 7) is 4.38. The van der Waals surface area contributed by atoms with Gasteiger partial charge in [-0.05, 0) is 34.9 Å². The molecule has 1 N–H and O–H groups in total. The lowest BCUT2D eigenvalue weighted by Crippen LogP contribution is -2.00. The molecule has 0 saturated heterocycles. The van der Waals surface area contributed by atoms with Crippen molar-refractivity contribution in [2.45, 2.75) is 13.8 Å². The van der Waals surface area contributed by atoms with Crippen molar-refractivity contribution in [3.05, 3.63) is 23.3 Å². The van der Waals surface area contributed by atoms with Crippen molar-refractivity contribution in [2.75, 3.05) is 0 Å². The molecule has 1 nitrogen and oxygen atoms in total. The van der Waals surface area contributed by atoms with Crippen LogP contribution in [0.5, 0.6) is 0 Å². The van der Waals surface area contributed by atoms with Crippen LogP contribution >= 0.6 is 11.9 Å². The van der Waals surface area contributed by atoms with E-state index in [4.69, 9.17) is 0 Å². The van der Waals surface area contributed by atoms with Crippen LogP contribution in [0.2, 0.25) is 0 Å². The van der Waals surface area contributed by atoms with Gasteiger partial charge in [0.15, 0.2) is 0 Å². The Kier molecular flexibility index (Phi) is 2.22. The van der Waals surface area contributed by atoms with Gasteiger partial charge >= 0.3 is 0 Å². The van der Waals surface area contributed by atoms with E-state index in [-0.39, 0.29) is 0 Å². The minimum absolute atomic E-state index is 0.634. The quantitative estimate of drug-likeness (QED) is 0.562. The first kappa shape index (κ1) is 6.75. The normalized spacial score (nSPS) is 17.4. The second-order valence-electron chi connectivity index (χ2n) is 2.34. The predicted molar refractivity (Wildman–Crippen MR) is 42.8 cm³/mol. The molecular weight excluding hydrogens is 130 g/mol. The Balaban J connectivity index is 2.58. The van der Waals surface area contributed by atoms with Gasteiger partial charge in [0.1, 0.15) is 0 Å². The summed E-state index contributed by atoms with van der Waals surface area (Å²) in [6, 6.07) is 0. The molecule has 0 radical (unpaired) electrons. The number of rotatable bonds is 1. The van der Waals surface area contributed by atoms with Crippen LogP contribution in [0.15, 0.2) is 23.3 Å². The van der Waals surface area contributed by atoms with Gasteiger partial charge in [-0.25, -0.2) is 0 Å². The van der Waals surface area contributed by atoms with Crippen molar-refractivity contribution in [1.82, 2.24) is 4.72 Å². The molecular formula is C7H11NS. The zero-order valence-electron chi connectivity index (χ0n) is 5.72. The van der Waals surface area contributed by atoms with Gasteiger partial charge in [-0.1, -0.05) is 13.8 Å². The highest BCUT2D eigenvalue weighted by molar-refractivity contribution is 8.00. The molecule has 0 unspecified atom stereocenters. The minimum atomic E-state index is 0.634. The Bertz CT molecular complexity index is 147. The smallest absolute Gasteiger partial charge is 0.0110 e. The monoisotopic (exact) mass is 141 g/mol. The first-order valence-electron chi connectivity index (χ1n) is 3.08. The summed E-state index contributed by atoms with van der Waals surface area (Å²) in [7, 11) is 0. The standard InChI is InChI=1S/C7H11NS/c1-6(2)7-3-4-9-8-5-7/h3-6,8H,1-2H3. The van der Waals surface area contributed by atoms with Crippen molar-refractivity contribution in [2.24, 2.45) is 5.92 Å². The molecule has 1 rings (SSSR count). The van der Waals surface area contributed by atoms with E-state index in [9.17, 15) is 0 Å². The number of allylic oxidation sites excluding steroid dienone is 2. The third kappa shape index (κ3) is 1.79. The molecule has 0 aliphatic carbocycles. The summed E-state index contributed by atoms with van der Waals surface area (Å²) >= 11 is 1.61. The zero-order valence-corrected chi connectivity index (χ0v) is 6.53. The number of hydrogen-bond acceptors (Lipinski definition) is 2. The molecule has 1 aliphatic rings. The average Bonchev–Trinajstić information content (AvgIpc) is 1.90. The van der Waals surface area contributed by atoms with Crippen molar-refractivity contribution in [1.29, 1.82) is 0 Å². The third-order valence-corrected chi connectivity index (χ3v) is 1.81. The summed E-state index contributed by atoms with van der Waals surface area (Å²) in [5.41, 5.74) is 1.37. The van der Waals surface area contributed by atoms with Gasteiger partial charge in [-0.2, -0.15) is 0 Å². The fourth-order valence-corrected chi connectivity index (χ4v) is 1.17. The van der Waals surface area contributed by atoms with Gasteiger partial charge in [0.2, 0.25) is 0 Å². The van der Waals surface area contributed by atoms with Crippen LogP contribution in [-0.2, 0) is 0 Å². The van der Waals surface area contributed by atoms with Crippen molar-refractivity contribution in [3.63, 3.8) is 0 Å². The van der Waals surface area contributed by atoms with Crippen LogP contribution in [0.3, 0.4) is 0 Å². The summed E-state index contributed by atoms with van der Waals surface area (Å²) in [6.07, 6.45) is 4.20. The third-order valence-electron chi connectivity index (χ3n) is 1.29. The Labute approximate surface area is 60.4 Å². The molecule has 0 spiro atoms. The van der Waals surface area contributed by atoms with Crippen LogP contribution < -0.4 is 4.72 Å². The van der Waals surface area contributed by atoms with Gasteiger partial charge in [0, 0.05) is 6.20 Å². The highest BCUT2D eigenvalue weighted by Crippen LogP contribution is 2.15. The second kappa shape index (κ2) is 2.97. The number of hydrogen-bond donors (Lipinski definition) is 1. The molecule has 0 fully saturated rings. The van der Waals surface area contributed by atoms with Gasteiger partial charge in [0.25, 0.3) is 0 Å². The van der Waals surface area contributed by atoms with Crippen molar-refractivity contribution < 1.29 is 0 Å². The van der Waals surface area contributed by atoms with E-state index >= 15 is 0 Å². The molecule has 0 atom stereocenters. The maximum atomic E-state index is 3.08. The minimum Gasteiger partial charge on any atom is -0.333 e. The van der Waals surface area contributed by atoms with Crippen LogP contribution in [-0.4, -0.2) is 0 Å². The Morgan fingerprint density at radius 1 is 1.56 bits per heavy atom. The van der Waals surface area contributed by atoms with Crippen LogP contribution in [0, 0.1) is 5.92 Å². The van der Waals surface area contributed by atoms with Crippen LogP contribution in [0.25, 0.3) is 0 Å². The average molecular weight is 141 g/mol. The highest BCUT2D eigenvalue weighted by atomic mass is 32.2. The van der Waals surface area contributed by atoms with E-state index in [0.29, 0.717) is 5.92 Å². The topological polar surface area (TPSA) is 12.0 Å². The van der Waals surface area contributed by atoms with Gasteiger partial charge in [-0.15, -0.1) is 0 Å². The summed E-state index contributed by atoms with van der Waals surface area (Å²) < 4.78 is 3.08. The first-order chi connectivity index (χ1) is 4.30. The molecule has 2 heteroatoms. The molecule has 0 amide bonds. The first-order valence-corrected chi connectivity index (χ1v) is 3.96.